The minimum absolute atomic E-state index is 0.649. The first kappa shape index (κ1) is 13.6. The van der Waals surface area contributed by atoms with Crippen molar-refractivity contribution >= 4 is 21.7 Å². The van der Waals surface area contributed by atoms with E-state index in [0.717, 1.165) is 42.5 Å². The van der Waals surface area contributed by atoms with Crippen molar-refractivity contribution in [1.82, 2.24) is 15.3 Å². The Balaban J connectivity index is 1.90. The van der Waals surface area contributed by atoms with Crippen LogP contribution >= 0.6 is 15.9 Å². The molecule has 0 radical (unpaired) electrons. The van der Waals surface area contributed by atoms with Crippen LogP contribution in [0.4, 0.5) is 5.82 Å². The van der Waals surface area contributed by atoms with Crippen molar-refractivity contribution in [3.63, 3.8) is 0 Å². The summed E-state index contributed by atoms with van der Waals surface area (Å²) >= 11 is 3.41. The number of anilines is 1. The molecule has 106 valence electrons. The zero-order chi connectivity index (χ0) is 14.1. The number of nitrogens with zero attached hydrogens (tertiary/aromatic N) is 3. The van der Waals surface area contributed by atoms with Crippen molar-refractivity contribution in [2.75, 3.05) is 18.5 Å². The van der Waals surface area contributed by atoms with Crippen LogP contribution in [-0.4, -0.2) is 23.6 Å². The predicted molar refractivity (Wildman–Crippen MR) is 80.7 cm³/mol. The molecular formula is C14H17BrN4O. The Morgan fingerprint density at radius 2 is 2.25 bits per heavy atom. The number of halogens is 1. The lowest BCUT2D eigenvalue weighted by molar-refractivity contribution is 0.480. The summed E-state index contributed by atoms with van der Waals surface area (Å²) in [5.74, 6) is 2.83. The Morgan fingerprint density at radius 1 is 1.40 bits per heavy atom. The van der Waals surface area contributed by atoms with Crippen LogP contribution in [0.3, 0.4) is 0 Å². The van der Waals surface area contributed by atoms with E-state index in [9.17, 15) is 0 Å². The summed E-state index contributed by atoms with van der Waals surface area (Å²) < 4.78 is 6.29. The molecule has 0 amide bonds. The molecule has 0 aromatic carbocycles. The molecule has 5 nitrogen and oxygen atoms in total. The molecule has 0 saturated heterocycles. The monoisotopic (exact) mass is 336 g/mol. The van der Waals surface area contributed by atoms with Gasteiger partial charge >= 0.3 is 0 Å². The predicted octanol–water partition coefficient (Wildman–Crippen LogP) is 2.42. The second-order valence-electron chi connectivity index (χ2n) is 5.04. The Hall–Kier alpha value is -1.40. The van der Waals surface area contributed by atoms with Crippen LogP contribution in [0.25, 0.3) is 0 Å². The van der Waals surface area contributed by atoms with Gasteiger partial charge in [-0.3, -0.25) is 0 Å². The summed E-state index contributed by atoms with van der Waals surface area (Å²) in [6, 6.07) is 3.99. The average molecular weight is 337 g/mol. The fraction of sp³-hybridized carbons (Fsp3) is 0.429. The van der Waals surface area contributed by atoms with Crippen LogP contribution in [-0.2, 0) is 19.5 Å². The fourth-order valence-electron chi connectivity index (χ4n) is 2.49. The molecule has 20 heavy (non-hydrogen) atoms. The molecule has 3 heterocycles. The van der Waals surface area contributed by atoms with E-state index in [0.29, 0.717) is 11.3 Å². The maximum absolute atomic E-state index is 5.64. The van der Waals surface area contributed by atoms with Crippen LogP contribution < -0.4 is 10.2 Å². The third-order valence-corrected chi connectivity index (χ3v) is 3.79. The number of hydrogen-bond donors (Lipinski definition) is 1. The van der Waals surface area contributed by atoms with Crippen LogP contribution in [0.5, 0.6) is 0 Å². The number of hydrogen-bond acceptors (Lipinski definition) is 5. The zero-order valence-corrected chi connectivity index (χ0v) is 13.2. The summed E-state index contributed by atoms with van der Waals surface area (Å²) in [4.78, 5) is 11.1. The van der Waals surface area contributed by atoms with Gasteiger partial charge in [-0.05, 0) is 35.0 Å². The fourth-order valence-corrected chi connectivity index (χ4v) is 2.87. The number of aromatic nitrogens is 2. The van der Waals surface area contributed by atoms with E-state index in [1.807, 2.05) is 26.1 Å². The third kappa shape index (κ3) is 2.71. The minimum atomic E-state index is 0.649. The van der Waals surface area contributed by atoms with Crippen molar-refractivity contribution in [2.45, 2.75) is 26.4 Å². The first-order valence-corrected chi connectivity index (χ1v) is 7.45. The van der Waals surface area contributed by atoms with Gasteiger partial charge in [0.1, 0.15) is 17.3 Å². The molecule has 0 fully saturated rings. The van der Waals surface area contributed by atoms with Gasteiger partial charge in [0.25, 0.3) is 0 Å². The largest absolute Gasteiger partial charge is 0.464 e. The van der Waals surface area contributed by atoms with Crippen molar-refractivity contribution < 1.29 is 4.42 Å². The van der Waals surface area contributed by atoms with E-state index in [1.165, 1.54) is 5.56 Å². The lowest BCUT2D eigenvalue weighted by atomic mass is 10.1. The van der Waals surface area contributed by atoms with Crippen LogP contribution in [0.1, 0.15) is 22.8 Å². The zero-order valence-electron chi connectivity index (χ0n) is 11.6. The summed E-state index contributed by atoms with van der Waals surface area (Å²) in [5.41, 5.74) is 2.31. The highest BCUT2D eigenvalue weighted by Crippen LogP contribution is 2.25. The van der Waals surface area contributed by atoms with E-state index < -0.39 is 0 Å². The second kappa shape index (κ2) is 5.54. The van der Waals surface area contributed by atoms with Gasteiger partial charge < -0.3 is 14.6 Å². The van der Waals surface area contributed by atoms with Gasteiger partial charge in [-0.15, -0.1) is 0 Å². The summed E-state index contributed by atoms with van der Waals surface area (Å²) in [6.45, 7) is 4.44. The average Bonchev–Trinajstić information content (AvgIpc) is 2.83. The van der Waals surface area contributed by atoms with Gasteiger partial charge in [-0.1, -0.05) is 0 Å². The van der Waals surface area contributed by atoms with E-state index in [2.05, 4.69) is 36.1 Å². The molecule has 1 N–H and O–H groups in total. The van der Waals surface area contributed by atoms with Crippen molar-refractivity contribution in [1.29, 1.82) is 0 Å². The van der Waals surface area contributed by atoms with E-state index in [1.54, 1.807) is 0 Å². The first-order valence-electron chi connectivity index (χ1n) is 6.66. The molecule has 1 aliphatic rings. The van der Waals surface area contributed by atoms with Crippen molar-refractivity contribution in [3.8, 4) is 0 Å². The van der Waals surface area contributed by atoms with Gasteiger partial charge in [-0.25, -0.2) is 9.97 Å². The molecule has 0 atom stereocenters. The Labute approximate surface area is 126 Å². The molecule has 2 aromatic heterocycles. The van der Waals surface area contributed by atoms with Crippen molar-refractivity contribution in [3.05, 3.63) is 39.6 Å². The molecule has 0 aliphatic carbocycles. The number of fused-ring (bicyclic) bond motifs is 1. The molecular weight excluding hydrogens is 320 g/mol. The van der Waals surface area contributed by atoms with Gasteiger partial charge in [0.15, 0.2) is 4.73 Å². The standard InChI is InChI=1S/C14H17BrN4O/c1-9-3-4-10(20-9)8-19(2)13-11-7-16-6-5-12(11)17-14(15)18-13/h3-4,16H,5-8H2,1-2H3. The molecule has 3 rings (SSSR count). The minimum Gasteiger partial charge on any atom is -0.464 e. The SMILES string of the molecule is Cc1ccc(CN(C)c2nc(Br)nc3c2CNCC3)o1. The maximum atomic E-state index is 5.64. The third-order valence-electron chi connectivity index (χ3n) is 3.43. The lowest BCUT2D eigenvalue weighted by Crippen LogP contribution is -2.29. The highest BCUT2D eigenvalue weighted by Gasteiger charge is 2.19. The lowest BCUT2D eigenvalue weighted by Gasteiger charge is -2.24. The Morgan fingerprint density at radius 3 is 3.00 bits per heavy atom. The summed E-state index contributed by atoms with van der Waals surface area (Å²) in [5, 5.41) is 3.38. The number of rotatable bonds is 3. The molecule has 0 unspecified atom stereocenters. The van der Waals surface area contributed by atoms with Crippen LogP contribution in [0.2, 0.25) is 0 Å². The molecule has 0 saturated carbocycles. The van der Waals surface area contributed by atoms with Gasteiger partial charge in [0, 0.05) is 32.1 Å². The van der Waals surface area contributed by atoms with Gasteiger partial charge in [0.05, 0.1) is 12.2 Å². The summed E-state index contributed by atoms with van der Waals surface area (Å²) in [6.07, 6.45) is 0.942. The van der Waals surface area contributed by atoms with Crippen LogP contribution in [0, 0.1) is 6.92 Å². The Kier molecular flexibility index (Phi) is 3.76. The topological polar surface area (TPSA) is 54.2 Å². The Bertz CT molecular complexity index is 626. The molecule has 2 aromatic rings. The van der Waals surface area contributed by atoms with Gasteiger partial charge in [-0.2, -0.15) is 0 Å². The first-order chi connectivity index (χ1) is 9.63. The quantitative estimate of drug-likeness (QED) is 0.872. The maximum Gasteiger partial charge on any atom is 0.198 e. The van der Waals surface area contributed by atoms with E-state index >= 15 is 0 Å². The van der Waals surface area contributed by atoms with Crippen molar-refractivity contribution in [2.24, 2.45) is 0 Å². The second-order valence-corrected chi connectivity index (χ2v) is 5.75. The molecule has 0 bridgehead atoms. The molecule has 6 heteroatoms. The smallest absolute Gasteiger partial charge is 0.198 e. The highest BCUT2D eigenvalue weighted by molar-refractivity contribution is 9.10. The molecule has 0 spiro atoms. The summed E-state index contributed by atoms with van der Waals surface area (Å²) in [7, 11) is 2.03. The van der Waals surface area contributed by atoms with Crippen LogP contribution in [0.15, 0.2) is 21.3 Å². The number of furan rings is 1. The number of aryl methyl sites for hydroxylation is 1. The highest BCUT2D eigenvalue weighted by atomic mass is 79.9. The van der Waals surface area contributed by atoms with Gasteiger partial charge in [0.2, 0.25) is 0 Å². The van der Waals surface area contributed by atoms with E-state index in [-0.39, 0.29) is 0 Å². The van der Waals surface area contributed by atoms with E-state index in [4.69, 9.17) is 4.42 Å². The number of nitrogens with one attached hydrogen (secondary N) is 1. The normalized spacial score (nSPS) is 14.2. The molecule has 1 aliphatic heterocycles.